The van der Waals surface area contributed by atoms with Crippen LogP contribution in [0.2, 0.25) is 0 Å². The van der Waals surface area contributed by atoms with Crippen molar-refractivity contribution in [3.63, 3.8) is 0 Å². The van der Waals surface area contributed by atoms with Gasteiger partial charge >= 0.3 is 0 Å². The van der Waals surface area contributed by atoms with Gasteiger partial charge in [0, 0.05) is 55.1 Å². The molecule has 0 atom stereocenters. The smallest absolute Gasteiger partial charge is 0.254 e. The number of aromatic amines is 1. The number of amides is 1. The van der Waals surface area contributed by atoms with Crippen LogP contribution in [0.4, 0.5) is 0 Å². The number of sulfonamides is 1. The minimum absolute atomic E-state index is 0.160. The number of nitrogens with zero attached hydrogens (tertiary/aromatic N) is 3. The van der Waals surface area contributed by atoms with Crippen molar-refractivity contribution in [3.8, 4) is 0 Å². The van der Waals surface area contributed by atoms with Crippen molar-refractivity contribution >= 4 is 32.5 Å². The van der Waals surface area contributed by atoms with Gasteiger partial charge < -0.3 is 9.88 Å². The number of carbonyl (C=O) groups is 1. The number of benzene rings is 2. The topological polar surface area (TPSA) is 86.4 Å². The molecule has 1 N–H and O–H groups in total. The molecule has 0 radical (unpaired) electrons. The summed E-state index contributed by atoms with van der Waals surface area (Å²) in [7, 11) is -3.71. The van der Waals surface area contributed by atoms with Gasteiger partial charge in [-0.15, -0.1) is 0 Å². The van der Waals surface area contributed by atoms with Crippen LogP contribution in [0.5, 0.6) is 0 Å². The van der Waals surface area contributed by atoms with Crippen LogP contribution in [-0.2, 0) is 23.0 Å². The van der Waals surface area contributed by atoms with Gasteiger partial charge in [0.05, 0.1) is 4.90 Å². The Balaban J connectivity index is 1.20. The molecule has 0 saturated carbocycles. The van der Waals surface area contributed by atoms with Gasteiger partial charge in [-0.1, -0.05) is 36.4 Å². The summed E-state index contributed by atoms with van der Waals surface area (Å²) in [6.45, 7) is 1.82. The molecule has 0 bridgehead atoms. The summed E-state index contributed by atoms with van der Waals surface area (Å²) in [5.41, 5.74) is 5.75. The number of H-pyrrole nitrogens is 1. The lowest BCUT2D eigenvalue weighted by molar-refractivity contribution is 0.0772. The van der Waals surface area contributed by atoms with Gasteiger partial charge in [0.2, 0.25) is 10.0 Å². The summed E-state index contributed by atoms with van der Waals surface area (Å²) < 4.78 is 28.3. The van der Waals surface area contributed by atoms with E-state index in [1.165, 1.54) is 21.5 Å². The Kier molecular flexibility index (Phi) is 5.70. The number of hydrogen-bond donors (Lipinski definition) is 1. The number of nitrogens with one attached hydrogen (secondary N) is 1. The van der Waals surface area contributed by atoms with Crippen LogP contribution in [0.3, 0.4) is 0 Å². The minimum Gasteiger partial charge on any atom is -0.346 e. The molecule has 0 saturated heterocycles. The van der Waals surface area contributed by atoms with Gasteiger partial charge in [0.15, 0.2) is 0 Å². The van der Waals surface area contributed by atoms with Crippen molar-refractivity contribution in [2.75, 3.05) is 19.6 Å². The zero-order valence-corrected chi connectivity index (χ0v) is 20.5. The highest BCUT2D eigenvalue weighted by Gasteiger charge is 2.29. The predicted molar refractivity (Wildman–Crippen MR) is 139 cm³/mol. The van der Waals surface area contributed by atoms with E-state index in [0.29, 0.717) is 38.2 Å². The second-order valence-electron chi connectivity index (χ2n) is 9.22. The van der Waals surface area contributed by atoms with Crippen molar-refractivity contribution < 1.29 is 13.2 Å². The first-order valence-electron chi connectivity index (χ1n) is 12.1. The van der Waals surface area contributed by atoms with Crippen molar-refractivity contribution in [1.29, 1.82) is 0 Å². The molecule has 4 heterocycles. The van der Waals surface area contributed by atoms with Gasteiger partial charge in [-0.25, -0.2) is 13.4 Å². The van der Waals surface area contributed by atoms with Gasteiger partial charge in [0.25, 0.3) is 5.91 Å². The monoisotopic (exact) mass is 498 g/mol. The van der Waals surface area contributed by atoms with E-state index in [4.69, 9.17) is 0 Å². The molecule has 2 aliphatic rings. The average Bonchev–Trinajstić information content (AvgIpc) is 3.37. The normalized spacial score (nSPS) is 16.6. The zero-order valence-electron chi connectivity index (χ0n) is 19.7. The molecular formula is C28H26N4O3S. The summed E-state index contributed by atoms with van der Waals surface area (Å²) in [4.78, 5) is 22.8. The molecule has 2 aromatic carbocycles. The molecule has 0 aliphatic carbocycles. The molecule has 8 heteroatoms. The van der Waals surface area contributed by atoms with E-state index in [2.05, 4.69) is 16.0 Å². The first-order valence-corrected chi connectivity index (χ1v) is 13.5. The van der Waals surface area contributed by atoms with Gasteiger partial charge in [-0.05, 0) is 59.9 Å². The van der Waals surface area contributed by atoms with Crippen molar-refractivity contribution in [2.24, 2.45) is 0 Å². The highest BCUT2D eigenvalue weighted by molar-refractivity contribution is 7.89. The predicted octanol–water partition coefficient (Wildman–Crippen LogP) is 4.24. The summed E-state index contributed by atoms with van der Waals surface area (Å²) in [5, 5.41) is 1.07. The highest BCUT2D eigenvalue weighted by atomic mass is 32.2. The number of aromatic nitrogens is 2. The molecule has 36 heavy (non-hydrogen) atoms. The maximum atomic E-state index is 13.4. The fourth-order valence-corrected chi connectivity index (χ4v) is 6.58. The first-order chi connectivity index (χ1) is 17.5. The molecule has 6 rings (SSSR count). The Bertz CT molecular complexity index is 1610. The lowest BCUT2D eigenvalue weighted by Gasteiger charge is -2.29. The third kappa shape index (κ3) is 4.02. The third-order valence-electron chi connectivity index (χ3n) is 7.11. The van der Waals surface area contributed by atoms with Crippen LogP contribution in [0.1, 0.15) is 33.5 Å². The van der Waals surface area contributed by atoms with Gasteiger partial charge in [0.1, 0.15) is 5.65 Å². The minimum atomic E-state index is -3.71. The van der Waals surface area contributed by atoms with Gasteiger partial charge in [-0.3, -0.25) is 4.79 Å². The summed E-state index contributed by atoms with van der Waals surface area (Å²) >= 11 is 0. The SMILES string of the molecule is O=C(c1cccc(S(=O)(=O)N2CCc3ccccc3C2)c1)N1CC=C(c2c[nH]c3ncccc23)CC1. The molecule has 0 fully saturated rings. The Morgan fingerprint density at radius 3 is 2.64 bits per heavy atom. The molecule has 0 unspecified atom stereocenters. The molecule has 2 aliphatic heterocycles. The van der Waals surface area contributed by atoms with Crippen molar-refractivity contribution in [1.82, 2.24) is 19.2 Å². The Morgan fingerprint density at radius 1 is 0.944 bits per heavy atom. The Morgan fingerprint density at radius 2 is 1.81 bits per heavy atom. The van der Waals surface area contributed by atoms with Crippen LogP contribution in [0, 0.1) is 0 Å². The van der Waals surface area contributed by atoms with Crippen LogP contribution >= 0.6 is 0 Å². The molecule has 182 valence electrons. The maximum absolute atomic E-state index is 13.4. The second kappa shape index (κ2) is 9.04. The maximum Gasteiger partial charge on any atom is 0.254 e. The first kappa shape index (κ1) is 22.7. The number of carbonyl (C=O) groups excluding carboxylic acids is 1. The van der Waals surface area contributed by atoms with Crippen LogP contribution < -0.4 is 0 Å². The van der Waals surface area contributed by atoms with E-state index in [-0.39, 0.29) is 10.8 Å². The number of fused-ring (bicyclic) bond motifs is 2. The van der Waals surface area contributed by atoms with Gasteiger partial charge in [-0.2, -0.15) is 4.31 Å². The molecular weight excluding hydrogens is 472 g/mol. The molecule has 0 spiro atoms. The Hall–Kier alpha value is -3.75. The quantitative estimate of drug-likeness (QED) is 0.456. The van der Waals surface area contributed by atoms with Crippen molar-refractivity contribution in [3.05, 3.63) is 101 Å². The summed E-state index contributed by atoms with van der Waals surface area (Å²) in [5.74, 6) is -0.160. The average molecular weight is 499 g/mol. The number of hydrogen-bond acceptors (Lipinski definition) is 4. The standard InChI is InChI=1S/C28H26N4O3S/c33-28(31-14-10-21(11-15-31)26-18-30-27-25(26)9-4-13-29-27)22-7-3-8-24(17-22)36(34,35)32-16-12-20-5-1-2-6-23(20)19-32/h1-10,13,17-18H,11-12,14-16,19H2,(H,29,30). The van der Waals surface area contributed by atoms with E-state index in [9.17, 15) is 13.2 Å². The van der Waals surface area contributed by atoms with Crippen molar-refractivity contribution in [2.45, 2.75) is 24.3 Å². The van der Waals surface area contributed by atoms with E-state index in [1.807, 2.05) is 42.6 Å². The number of pyridine rings is 1. The molecule has 7 nitrogen and oxygen atoms in total. The second-order valence-corrected chi connectivity index (χ2v) is 11.2. The highest BCUT2D eigenvalue weighted by Crippen LogP contribution is 2.29. The van der Waals surface area contributed by atoms with Crippen LogP contribution in [-0.4, -0.2) is 53.1 Å². The molecule has 4 aromatic rings. The fraction of sp³-hybridized carbons (Fsp3) is 0.214. The van der Waals surface area contributed by atoms with E-state index >= 15 is 0 Å². The van der Waals surface area contributed by atoms with E-state index in [1.54, 1.807) is 29.3 Å². The largest absolute Gasteiger partial charge is 0.346 e. The van der Waals surface area contributed by atoms with E-state index < -0.39 is 10.0 Å². The van der Waals surface area contributed by atoms with E-state index in [0.717, 1.165) is 28.6 Å². The third-order valence-corrected chi connectivity index (χ3v) is 8.95. The fourth-order valence-electron chi connectivity index (χ4n) is 5.12. The lowest BCUT2D eigenvalue weighted by atomic mass is 9.99. The number of rotatable bonds is 4. The van der Waals surface area contributed by atoms with Crippen LogP contribution in [0.15, 0.2) is 84.0 Å². The zero-order chi connectivity index (χ0) is 24.7. The molecule has 1 amide bonds. The lowest BCUT2D eigenvalue weighted by Crippen LogP contribution is -2.36. The summed E-state index contributed by atoms with van der Waals surface area (Å²) in [6, 6.07) is 18.3. The Labute approximate surface area is 210 Å². The molecule has 2 aromatic heterocycles. The van der Waals surface area contributed by atoms with Crippen LogP contribution in [0.25, 0.3) is 16.6 Å². The summed E-state index contributed by atoms with van der Waals surface area (Å²) in [6.07, 6.45) is 7.20.